The van der Waals surface area contributed by atoms with Crippen LogP contribution in [-0.4, -0.2) is 26.1 Å². The van der Waals surface area contributed by atoms with Gasteiger partial charge in [0.25, 0.3) is 0 Å². The zero-order valence-electron chi connectivity index (χ0n) is 12.8. The Balaban J connectivity index is 4.59. The molecule has 2 nitrogen and oxygen atoms in total. The lowest BCUT2D eigenvalue weighted by molar-refractivity contribution is 0.185. The van der Waals surface area contributed by atoms with Crippen molar-refractivity contribution in [2.24, 2.45) is 0 Å². The molecule has 0 fully saturated rings. The minimum absolute atomic E-state index is 0.0540. The van der Waals surface area contributed by atoms with E-state index in [1.807, 2.05) is 0 Å². The number of hydrogen-bond donors (Lipinski definition) is 1. The highest BCUT2D eigenvalue weighted by Gasteiger charge is 2.32. The first-order valence-corrected chi connectivity index (χ1v) is 10.1. The molecule has 18 heavy (non-hydrogen) atoms. The van der Waals surface area contributed by atoms with Gasteiger partial charge in [-0.25, -0.2) is 0 Å². The van der Waals surface area contributed by atoms with Crippen molar-refractivity contribution < 1.29 is 9.53 Å². The average Bonchev–Trinajstić information content (AvgIpc) is 2.42. The molecule has 0 aliphatic carbocycles. The molecule has 0 amide bonds. The number of hydrogen-bond acceptors (Lipinski definition) is 2. The van der Waals surface area contributed by atoms with E-state index in [-0.39, 0.29) is 12.7 Å². The van der Waals surface area contributed by atoms with E-state index in [4.69, 9.17) is 4.43 Å². The molecule has 1 atom stereocenters. The fourth-order valence-corrected chi connectivity index (χ4v) is 5.22. The molecule has 1 N–H and O–H groups in total. The molecule has 0 aromatic heterocycles. The van der Waals surface area contributed by atoms with Crippen LogP contribution in [-0.2, 0) is 4.43 Å². The Morgan fingerprint density at radius 2 is 1.67 bits per heavy atom. The second-order valence-electron chi connectivity index (χ2n) is 5.16. The third-order valence-corrected chi connectivity index (χ3v) is 8.70. The van der Waals surface area contributed by atoms with Crippen LogP contribution < -0.4 is 0 Å². The van der Waals surface area contributed by atoms with Gasteiger partial charge in [0, 0.05) is 0 Å². The largest absolute Gasteiger partial charge is 0.410 e. The van der Waals surface area contributed by atoms with Gasteiger partial charge in [0.05, 0.1) is 12.7 Å². The molecule has 0 saturated carbocycles. The van der Waals surface area contributed by atoms with Crippen LogP contribution in [0.15, 0.2) is 12.2 Å². The third kappa shape index (κ3) is 5.68. The van der Waals surface area contributed by atoms with Gasteiger partial charge in [0.2, 0.25) is 0 Å². The number of aliphatic hydroxyl groups excluding tert-OH is 1. The normalized spacial score (nSPS) is 13.6. The van der Waals surface area contributed by atoms with Crippen molar-refractivity contribution in [2.75, 3.05) is 6.61 Å². The van der Waals surface area contributed by atoms with Gasteiger partial charge in [-0.05, 0) is 30.1 Å². The van der Waals surface area contributed by atoms with Crippen molar-refractivity contribution >= 4 is 8.32 Å². The molecule has 0 heterocycles. The molecule has 0 aliphatic rings. The summed E-state index contributed by atoms with van der Waals surface area (Å²) in [6.07, 6.45) is 4.71. The van der Waals surface area contributed by atoms with Crippen molar-refractivity contribution in [3.05, 3.63) is 12.2 Å². The predicted octanol–water partition coefficient (Wildman–Crippen LogP) is 4.51. The van der Waals surface area contributed by atoms with Crippen molar-refractivity contribution in [1.82, 2.24) is 0 Å². The molecule has 3 heteroatoms. The third-order valence-electron chi connectivity index (χ3n) is 4.05. The van der Waals surface area contributed by atoms with Crippen LogP contribution in [0.3, 0.4) is 0 Å². The van der Waals surface area contributed by atoms with Gasteiger partial charge in [-0.3, -0.25) is 0 Å². The van der Waals surface area contributed by atoms with Gasteiger partial charge in [0.1, 0.15) is 0 Å². The molecular formula is C15H32O2Si. The second-order valence-corrected chi connectivity index (χ2v) is 9.89. The molecule has 0 spiro atoms. The van der Waals surface area contributed by atoms with Crippen molar-refractivity contribution in [1.29, 1.82) is 0 Å². The van der Waals surface area contributed by atoms with Crippen LogP contribution >= 0.6 is 0 Å². The van der Waals surface area contributed by atoms with Crippen LogP contribution in [0.5, 0.6) is 0 Å². The summed E-state index contributed by atoms with van der Waals surface area (Å²) in [5.41, 5.74) is 0.860. The summed E-state index contributed by atoms with van der Waals surface area (Å²) in [6.45, 7) is 13.0. The summed E-state index contributed by atoms with van der Waals surface area (Å²) in [5.74, 6) is 0. The Labute approximate surface area is 115 Å². The Hall–Kier alpha value is -0.123. The number of aliphatic hydroxyl groups is 1. The van der Waals surface area contributed by atoms with Crippen molar-refractivity contribution in [2.45, 2.75) is 77.6 Å². The first-order valence-electron chi connectivity index (χ1n) is 7.55. The summed E-state index contributed by atoms with van der Waals surface area (Å²) < 4.78 is 6.46. The fraction of sp³-hybridized carbons (Fsp3) is 0.867. The van der Waals surface area contributed by atoms with E-state index in [9.17, 15) is 5.11 Å². The first-order chi connectivity index (χ1) is 8.59. The maximum absolute atomic E-state index is 9.31. The molecule has 0 radical (unpaired) electrons. The Morgan fingerprint density at radius 1 is 1.11 bits per heavy atom. The molecule has 0 rings (SSSR count). The van der Waals surface area contributed by atoms with E-state index in [0.29, 0.717) is 0 Å². The van der Waals surface area contributed by atoms with E-state index >= 15 is 0 Å². The second kappa shape index (κ2) is 9.76. The molecule has 108 valence electrons. The predicted molar refractivity (Wildman–Crippen MR) is 82.4 cm³/mol. The molecule has 0 aromatic rings. The summed E-state index contributed by atoms with van der Waals surface area (Å²) in [7, 11) is -1.59. The van der Waals surface area contributed by atoms with Crippen molar-refractivity contribution in [3.63, 3.8) is 0 Å². The minimum atomic E-state index is -1.59. The summed E-state index contributed by atoms with van der Waals surface area (Å²) in [6, 6.07) is 3.47. The minimum Gasteiger partial charge on any atom is -0.410 e. The van der Waals surface area contributed by atoms with Gasteiger partial charge in [-0.2, -0.15) is 0 Å². The smallest absolute Gasteiger partial charge is 0.192 e. The maximum atomic E-state index is 9.31. The number of unbranched alkanes of at least 4 members (excludes halogenated alkanes) is 2. The van der Waals surface area contributed by atoms with Crippen LogP contribution in [0.2, 0.25) is 18.1 Å². The van der Waals surface area contributed by atoms with Gasteiger partial charge >= 0.3 is 0 Å². The van der Waals surface area contributed by atoms with E-state index in [0.717, 1.165) is 30.1 Å². The standard InChI is InChI=1S/C15H32O2Si/c1-6-10-11-12-15(14(5)13-16)17-18(7-2,8-3)9-4/h15-16H,5-13H2,1-4H3/t15-/m1/s1. The molecule has 0 unspecified atom stereocenters. The molecule has 0 aliphatic heterocycles. The summed E-state index contributed by atoms with van der Waals surface area (Å²) >= 11 is 0. The summed E-state index contributed by atoms with van der Waals surface area (Å²) in [4.78, 5) is 0. The zero-order valence-corrected chi connectivity index (χ0v) is 13.8. The highest BCUT2D eigenvalue weighted by atomic mass is 28.4. The maximum Gasteiger partial charge on any atom is 0.192 e. The summed E-state index contributed by atoms with van der Waals surface area (Å²) in [5, 5.41) is 9.31. The molecule has 0 saturated heterocycles. The SMILES string of the molecule is C=C(CO)[C@@H](CCCCC)O[Si](CC)(CC)CC. The lowest BCUT2D eigenvalue weighted by Crippen LogP contribution is -2.40. The molecular weight excluding hydrogens is 240 g/mol. The Morgan fingerprint density at radius 3 is 2.06 bits per heavy atom. The van der Waals surface area contributed by atoms with Gasteiger partial charge in [-0.1, -0.05) is 53.5 Å². The monoisotopic (exact) mass is 272 g/mol. The van der Waals surface area contributed by atoms with Crippen LogP contribution in [0.4, 0.5) is 0 Å². The van der Waals surface area contributed by atoms with Gasteiger partial charge in [0.15, 0.2) is 8.32 Å². The zero-order chi connectivity index (χ0) is 14.0. The van der Waals surface area contributed by atoms with E-state index in [2.05, 4.69) is 34.3 Å². The van der Waals surface area contributed by atoms with Crippen LogP contribution in [0, 0.1) is 0 Å². The van der Waals surface area contributed by atoms with Crippen molar-refractivity contribution in [3.8, 4) is 0 Å². The fourth-order valence-electron chi connectivity index (χ4n) is 2.33. The van der Waals surface area contributed by atoms with E-state index in [1.54, 1.807) is 0 Å². The quantitative estimate of drug-likeness (QED) is 0.341. The van der Waals surface area contributed by atoms with Crippen LogP contribution in [0.25, 0.3) is 0 Å². The average molecular weight is 273 g/mol. The molecule has 0 aromatic carbocycles. The van der Waals surface area contributed by atoms with Crippen LogP contribution in [0.1, 0.15) is 53.4 Å². The lowest BCUT2D eigenvalue weighted by atomic mass is 10.1. The topological polar surface area (TPSA) is 29.5 Å². The van der Waals surface area contributed by atoms with Gasteiger partial charge in [-0.15, -0.1) is 0 Å². The first kappa shape index (κ1) is 17.9. The van der Waals surface area contributed by atoms with E-state index < -0.39 is 8.32 Å². The van der Waals surface area contributed by atoms with Gasteiger partial charge < -0.3 is 9.53 Å². The Kier molecular flexibility index (Phi) is 9.69. The lowest BCUT2D eigenvalue weighted by Gasteiger charge is -2.34. The molecule has 0 bridgehead atoms. The Bertz CT molecular complexity index is 216. The highest BCUT2D eigenvalue weighted by Crippen LogP contribution is 2.27. The van der Waals surface area contributed by atoms with E-state index in [1.165, 1.54) is 19.3 Å². The number of rotatable bonds is 11. The highest BCUT2D eigenvalue weighted by molar-refractivity contribution is 6.73.